The standard InChI is InChI=1S/C16H22N4OS2/c1-3-10-4-5-12-11(8-10)9-13(23-12)15-18-19-16(20(15)2)22-7-6-14(17)21/h9-10H,3-8H2,1-2H3,(H2,17,21)/t10-/m0/s1. The van der Waals surface area contributed by atoms with Crippen molar-refractivity contribution in [1.29, 1.82) is 0 Å². The molecular weight excluding hydrogens is 328 g/mol. The summed E-state index contributed by atoms with van der Waals surface area (Å²) in [5, 5.41) is 9.44. The Morgan fingerprint density at radius 2 is 2.35 bits per heavy atom. The monoisotopic (exact) mass is 350 g/mol. The van der Waals surface area contributed by atoms with Gasteiger partial charge >= 0.3 is 0 Å². The van der Waals surface area contributed by atoms with Crippen LogP contribution in [0.5, 0.6) is 0 Å². The number of thiophene rings is 1. The highest BCUT2D eigenvalue weighted by Crippen LogP contribution is 2.37. The summed E-state index contributed by atoms with van der Waals surface area (Å²) in [5.41, 5.74) is 6.67. The van der Waals surface area contributed by atoms with E-state index < -0.39 is 0 Å². The number of thioether (sulfide) groups is 1. The van der Waals surface area contributed by atoms with Crippen LogP contribution in [0.4, 0.5) is 0 Å². The lowest BCUT2D eigenvalue weighted by Gasteiger charge is -2.19. The molecule has 124 valence electrons. The number of carbonyl (C=O) groups excluding carboxylic acids is 1. The Morgan fingerprint density at radius 1 is 1.52 bits per heavy atom. The Kier molecular flexibility index (Phi) is 5.06. The molecule has 5 nitrogen and oxygen atoms in total. The topological polar surface area (TPSA) is 73.8 Å². The van der Waals surface area contributed by atoms with Crippen LogP contribution in [0, 0.1) is 5.92 Å². The Hall–Kier alpha value is -1.34. The number of fused-ring (bicyclic) bond motifs is 1. The van der Waals surface area contributed by atoms with Gasteiger partial charge in [0, 0.05) is 24.1 Å². The predicted molar refractivity (Wildman–Crippen MR) is 94.7 cm³/mol. The molecule has 0 unspecified atom stereocenters. The second-order valence-electron chi connectivity index (χ2n) is 6.01. The fourth-order valence-electron chi connectivity index (χ4n) is 2.96. The van der Waals surface area contributed by atoms with Gasteiger partial charge in [-0.3, -0.25) is 4.79 Å². The second-order valence-corrected chi connectivity index (χ2v) is 8.20. The van der Waals surface area contributed by atoms with E-state index >= 15 is 0 Å². The van der Waals surface area contributed by atoms with Gasteiger partial charge in [-0.25, -0.2) is 0 Å². The molecule has 0 fully saturated rings. The van der Waals surface area contributed by atoms with Crippen molar-refractivity contribution in [3.05, 3.63) is 16.5 Å². The van der Waals surface area contributed by atoms with E-state index in [1.165, 1.54) is 52.8 Å². The maximum Gasteiger partial charge on any atom is 0.218 e. The molecule has 0 saturated carbocycles. The van der Waals surface area contributed by atoms with Gasteiger partial charge in [-0.1, -0.05) is 25.1 Å². The van der Waals surface area contributed by atoms with Crippen LogP contribution in [0.15, 0.2) is 11.2 Å². The Morgan fingerprint density at radius 3 is 3.09 bits per heavy atom. The first kappa shape index (κ1) is 16.5. The van der Waals surface area contributed by atoms with E-state index in [1.807, 2.05) is 23.0 Å². The van der Waals surface area contributed by atoms with E-state index in [1.54, 1.807) is 0 Å². The average molecular weight is 351 g/mol. The molecule has 2 aromatic heterocycles. The van der Waals surface area contributed by atoms with E-state index in [-0.39, 0.29) is 5.91 Å². The fraction of sp³-hybridized carbons (Fsp3) is 0.562. The van der Waals surface area contributed by atoms with Crippen LogP contribution in [-0.2, 0) is 24.7 Å². The maximum atomic E-state index is 10.8. The lowest BCUT2D eigenvalue weighted by Crippen LogP contribution is -2.11. The first-order valence-electron chi connectivity index (χ1n) is 8.01. The lowest BCUT2D eigenvalue weighted by atomic mass is 9.87. The third kappa shape index (κ3) is 3.61. The van der Waals surface area contributed by atoms with Gasteiger partial charge < -0.3 is 10.3 Å². The fourth-order valence-corrected chi connectivity index (χ4v) is 5.05. The molecule has 1 aliphatic carbocycles. The number of carbonyl (C=O) groups is 1. The summed E-state index contributed by atoms with van der Waals surface area (Å²) in [7, 11) is 1.98. The van der Waals surface area contributed by atoms with Gasteiger partial charge in [0.05, 0.1) is 4.88 Å². The van der Waals surface area contributed by atoms with Crippen molar-refractivity contribution in [2.24, 2.45) is 18.7 Å². The van der Waals surface area contributed by atoms with Crippen molar-refractivity contribution in [3.63, 3.8) is 0 Å². The van der Waals surface area contributed by atoms with Crippen molar-refractivity contribution < 1.29 is 4.79 Å². The number of amides is 1. The van der Waals surface area contributed by atoms with Gasteiger partial charge in [-0.05, 0) is 36.8 Å². The molecule has 1 atom stereocenters. The minimum absolute atomic E-state index is 0.281. The molecule has 0 radical (unpaired) electrons. The van der Waals surface area contributed by atoms with Crippen LogP contribution < -0.4 is 5.73 Å². The van der Waals surface area contributed by atoms with Crippen molar-refractivity contribution in [2.45, 2.75) is 44.2 Å². The van der Waals surface area contributed by atoms with Gasteiger partial charge in [-0.15, -0.1) is 21.5 Å². The summed E-state index contributed by atoms with van der Waals surface area (Å²) in [5.74, 6) is 2.10. The molecule has 1 aliphatic rings. The van der Waals surface area contributed by atoms with Crippen molar-refractivity contribution in [2.75, 3.05) is 5.75 Å². The van der Waals surface area contributed by atoms with Gasteiger partial charge in [0.1, 0.15) is 0 Å². The Balaban J connectivity index is 1.76. The summed E-state index contributed by atoms with van der Waals surface area (Å²) in [4.78, 5) is 13.5. The molecule has 2 N–H and O–H groups in total. The van der Waals surface area contributed by atoms with Crippen LogP contribution in [0.3, 0.4) is 0 Å². The van der Waals surface area contributed by atoms with E-state index in [0.29, 0.717) is 12.2 Å². The highest BCUT2D eigenvalue weighted by atomic mass is 32.2. The first-order chi connectivity index (χ1) is 11.1. The third-order valence-electron chi connectivity index (χ3n) is 4.40. The largest absolute Gasteiger partial charge is 0.370 e. The second kappa shape index (κ2) is 7.05. The minimum atomic E-state index is -0.281. The number of aryl methyl sites for hydroxylation is 1. The molecule has 0 aromatic carbocycles. The van der Waals surface area contributed by atoms with Gasteiger partial charge in [-0.2, -0.15) is 0 Å². The van der Waals surface area contributed by atoms with E-state index in [4.69, 9.17) is 5.73 Å². The minimum Gasteiger partial charge on any atom is -0.370 e. The molecule has 7 heteroatoms. The molecule has 23 heavy (non-hydrogen) atoms. The summed E-state index contributed by atoms with van der Waals surface area (Å²) in [6, 6.07) is 2.30. The SMILES string of the molecule is CC[C@H]1CCc2sc(-c3nnc(SCCC(N)=O)n3C)cc2C1. The highest BCUT2D eigenvalue weighted by molar-refractivity contribution is 7.99. The van der Waals surface area contributed by atoms with Gasteiger partial charge in [0.15, 0.2) is 11.0 Å². The van der Waals surface area contributed by atoms with Crippen LogP contribution in [0.25, 0.3) is 10.7 Å². The number of nitrogens with zero attached hydrogens (tertiary/aromatic N) is 3. The molecular formula is C16H22N4OS2. The molecule has 0 saturated heterocycles. The number of primary amides is 1. The molecule has 0 spiro atoms. The van der Waals surface area contributed by atoms with Crippen molar-refractivity contribution in [3.8, 4) is 10.7 Å². The van der Waals surface area contributed by atoms with Crippen molar-refractivity contribution >= 4 is 29.0 Å². The zero-order valence-electron chi connectivity index (χ0n) is 13.5. The zero-order valence-corrected chi connectivity index (χ0v) is 15.2. The number of nitrogens with two attached hydrogens (primary N) is 1. The Bertz CT molecular complexity index is 707. The maximum absolute atomic E-state index is 10.8. The highest BCUT2D eigenvalue weighted by Gasteiger charge is 2.22. The van der Waals surface area contributed by atoms with Crippen molar-refractivity contribution in [1.82, 2.24) is 14.8 Å². The zero-order chi connectivity index (χ0) is 16.4. The van der Waals surface area contributed by atoms with Crippen LogP contribution in [-0.4, -0.2) is 26.4 Å². The summed E-state index contributed by atoms with van der Waals surface area (Å²) < 4.78 is 2.01. The van der Waals surface area contributed by atoms with Crippen LogP contribution in [0.2, 0.25) is 0 Å². The smallest absolute Gasteiger partial charge is 0.218 e. The number of aromatic nitrogens is 3. The summed E-state index contributed by atoms with van der Waals surface area (Å²) in [6.07, 6.45) is 5.31. The lowest BCUT2D eigenvalue weighted by molar-refractivity contribution is -0.117. The quantitative estimate of drug-likeness (QED) is 0.813. The first-order valence-corrected chi connectivity index (χ1v) is 9.81. The van der Waals surface area contributed by atoms with E-state index in [2.05, 4.69) is 23.2 Å². The molecule has 1 amide bonds. The summed E-state index contributed by atoms with van der Waals surface area (Å²) in [6.45, 7) is 2.28. The number of rotatable bonds is 6. The Labute approximate surface area is 144 Å². The molecule has 3 rings (SSSR count). The third-order valence-corrected chi connectivity index (χ3v) is 6.65. The van der Waals surface area contributed by atoms with E-state index in [0.717, 1.165) is 16.9 Å². The van der Waals surface area contributed by atoms with E-state index in [9.17, 15) is 4.79 Å². The predicted octanol–water partition coefficient (Wildman–Crippen LogP) is 3.03. The molecule has 0 aliphatic heterocycles. The molecule has 0 bridgehead atoms. The number of hydrogen-bond acceptors (Lipinski definition) is 5. The average Bonchev–Trinajstić information content (AvgIpc) is 3.10. The van der Waals surface area contributed by atoms with Gasteiger partial charge in [0.25, 0.3) is 0 Å². The van der Waals surface area contributed by atoms with Gasteiger partial charge in [0.2, 0.25) is 5.91 Å². The summed E-state index contributed by atoms with van der Waals surface area (Å²) >= 11 is 3.37. The van der Waals surface area contributed by atoms with Crippen LogP contribution >= 0.6 is 23.1 Å². The van der Waals surface area contributed by atoms with Crippen LogP contribution in [0.1, 0.15) is 36.6 Å². The molecule has 2 aromatic rings. The normalized spacial score (nSPS) is 17.2. The molecule has 2 heterocycles. The number of hydrogen-bond donors (Lipinski definition) is 1.